The summed E-state index contributed by atoms with van der Waals surface area (Å²) in [5.74, 6) is 1.21. The number of rotatable bonds is 6. The van der Waals surface area contributed by atoms with E-state index >= 15 is 0 Å². The molecule has 29 heavy (non-hydrogen) atoms. The van der Waals surface area contributed by atoms with Crippen molar-refractivity contribution >= 4 is 22.9 Å². The summed E-state index contributed by atoms with van der Waals surface area (Å²) < 4.78 is 10.7. The summed E-state index contributed by atoms with van der Waals surface area (Å²) in [6.07, 6.45) is 1.58. The van der Waals surface area contributed by atoms with E-state index in [4.69, 9.17) is 9.47 Å². The normalized spacial score (nSPS) is 15.2. The molecule has 0 atom stereocenters. The number of allylic oxidation sites excluding steroid dienone is 1. The highest BCUT2D eigenvalue weighted by Crippen LogP contribution is 2.30. The molecular weight excluding hydrogens is 366 g/mol. The fraction of sp³-hybridized carbons (Fsp3) is 0.348. The number of likely N-dealkylation sites (N-methyl/N-ethyl adjacent to an activating group) is 1. The third-order valence-corrected chi connectivity index (χ3v) is 5.18. The molecule has 0 bridgehead atoms. The number of piperazine rings is 1. The standard InChI is InChI=1S/C23H29N3O3/c1-17(21-10-9-20(28-3)16-22(21)29-4)15-23(27)24-18-5-7-19(8-6-18)26-13-11-25(2)12-14-26/h5-10,15-16H,11-14H2,1-4H3,(H,24,27)/b17-15+. The SMILES string of the molecule is COc1ccc(/C(C)=C/C(=O)Nc2ccc(N3CCN(C)CC3)cc2)c(OC)c1. The molecule has 1 fully saturated rings. The van der Waals surface area contributed by atoms with E-state index in [1.165, 1.54) is 5.69 Å². The Bertz CT molecular complexity index is 869. The smallest absolute Gasteiger partial charge is 0.248 e. The van der Waals surface area contributed by atoms with E-state index in [0.29, 0.717) is 11.5 Å². The van der Waals surface area contributed by atoms with Crippen molar-refractivity contribution in [2.75, 3.05) is 57.7 Å². The van der Waals surface area contributed by atoms with E-state index in [-0.39, 0.29) is 5.91 Å². The maximum atomic E-state index is 12.5. The van der Waals surface area contributed by atoms with Gasteiger partial charge >= 0.3 is 0 Å². The Balaban J connectivity index is 1.65. The molecule has 2 aromatic carbocycles. The monoisotopic (exact) mass is 395 g/mol. The predicted octanol–water partition coefficient (Wildman–Crippen LogP) is 3.50. The molecule has 1 amide bonds. The first-order valence-electron chi connectivity index (χ1n) is 9.75. The lowest BCUT2D eigenvalue weighted by molar-refractivity contribution is -0.111. The summed E-state index contributed by atoms with van der Waals surface area (Å²) in [7, 11) is 5.36. The van der Waals surface area contributed by atoms with Crippen molar-refractivity contribution in [1.29, 1.82) is 0 Å². The molecule has 1 aliphatic rings. The lowest BCUT2D eigenvalue weighted by Crippen LogP contribution is -2.44. The lowest BCUT2D eigenvalue weighted by atomic mass is 10.1. The second-order valence-corrected chi connectivity index (χ2v) is 7.22. The Hall–Kier alpha value is -2.99. The molecule has 1 N–H and O–H groups in total. The number of anilines is 2. The third-order valence-electron chi connectivity index (χ3n) is 5.18. The van der Waals surface area contributed by atoms with Crippen molar-refractivity contribution in [2.24, 2.45) is 0 Å². The highest BCUT2D eigenvalue weighted by Gasteiger charge is 2.14. The van der Waals surface area contributed by atoms with Crippen LogP contribution in [0.25, 0.3) is 5.57 Å². The zero-order valence-electron chi connectivity index (χ0n) is 17.6. The summed E-state index contributed by atoms with van der Waals surface area (Å²) >= 11 is 0. The Kier molecular flexibility index (Phi) is 6.77. The largest absolute Gasteiger partial charge is 0.497 e. The van der Waals surface area contributed by atoms with Gasteiger partial charge in [-0.3, -0.25) is 4.79 Å². The summed E-state index contributed by atoms with van der Waals surface area (Å²) in [6.45, 7) is 6.07. The zero-order valence-corrected chi connectivity index (χ0v) is 17.6. The molecule has 2 aromatic rings. The minimum absolute atomic E-state index is 0.173. The molecule has 3 rings (SSSR count). The van der Waals surface area contributed by atoms with Crippen LogP contribution in [0.3, 0.4) is 0 Å². The van der Waals surface area contributed by atoms with Gasteiger partial charge in [0.05, 0.1) is 14.2 Å². The fourth-order valence-corrected chi connectivity index (χ4v) is 3.40. The first kappa shape index (κ1) is 20.7. The number of carbonyl (C=O) groups excluding carboxylic acids is 1. The van der Waals surface area contributed by atoms with Gasteiger partial charge in [0.2, 0.25) is 5.91 Å². The molecular formula is C23H29N3O3. The maximum Gasteiger partial charge on any atom is 0.248 e. The minimum atomic E-state index is -0.173. The van der Waals surface area contributed by atoms with Crippen LogP contribution in [-0.4, -0.2) is 58.3 Å². The van der Waals surface area contributed by atoms with Crippen molar-refractivity contribution < 1.29 is 14.3 Å². The summed E-state index contributed by atoms with van der Waals surface area (Å²) in [6, 6.07) is 13.6. The van der Waals surface area contributed by atoms with Crippen molar-refractivity contribution in [1.82, 2.24) is 4.90 Å². The first-order chi connectivity index (χ1) is 14.0. The van der Waals surface area contributed by atoms with Gasteiger partial charge in [0, 0.05) is 55.3 Å². The van der Waals surface area contributed by atoms with Crippen LogP contribution < -0.4 is 19.7 Å². The predicted molar refractivity (Wildman–Crippen MR) is 118 cm³/mol. The average molecular weight is 396 g/mol. The van der Waals surface area contributed by atoms with E-state index in [0.717, 1.165) is 43.0 Å². The molecule has 6 heteroatoms. The van der Waals surface area contributed by atoms with E-state index in [9.17, 15) is 4.79 Å². The van der Waals surface area contributed by atoms with Crippen molar-refractivity contribution in [3.63, 3.8) is 0 Å². The molecule has 154 valence electrons. The summed E-state index contributed by atoms with van der Waals surface area (Å²) in [5, 5.41) is 2.93. The number of methoxy groups -OCH3 is 2. The molecule has 0 radical (unpaired) electrons. The second-order valence-electron chi connectivity index (χ2n) is 7.22. The molecule has 0 aliphatic carbocycles. The zero-order chi connectivity index (χ0) is 20.8. The maximum absolute atomic E-state index is 12.5. The topological polar surface area (TPSA) is 54.0 Å². The van der Waals surface area contributed by atoms with Crippen LogP contribution in [0.5, 0.6) is 11.5 Å². The van der Waals surface area contributed by atoms with Gasteiger partial charge in [-0.05, 0) is 55.9 Å². The average Bonchev–Trinajstić information content (AvgIpc) is 2.74. The van der Waals surface area contributed by atoms with E-state index in [2.05, 4.69) is 34.3 Å². The highest BCUT2D eigenvalue weighted by atomic mass is 16.5. The Morgan fingerprint density at radius 2 is 1.69 bits per heavy atom. The van der Waals surface area contributed by atoms with Crippen LogP contribution in [0.1, 0.15) is 12.5 Å². The number of ether oxygens (including phenoxy) is 2. The number of hydrogen-bond donors (Lipinski definition) is 1. The van der Waals surface area contributed by atoms with E-state index < -0.39 is 0 Å². The van der Waals surface area contributed by atoms with Gasteiger partial charge in [0.1, 0.15) is 11.5 Å². The van der Waals surface area contributed by atoms with E-state index in [1.54, 1.807) is 20.3 Å². The second kappa shape index (κ2) is 9.47. The van der Waals surface area contributed by atoms with Gasteiger partial charge in [-0.25, -0.2) is 0 Å². The Morgan fingerprint density at radius 1 is 1.00 bits per heavy atom. The number of carbonyl (C=O) groups is 1. The van der Waals surface area contributed by atoms with Crippen LogP contribution >= 0.6 is 0 Å². The van der Waals surface area contributed by atoms with Crippen molar-refractivity contribution in [2.45, 2.75) is 6.92 Å². The van der Waals surface area contributed by atoms with Gasteiger partial charge in [-0.1, -0.05) is 0 Å². The highest BCUT2D eigenvalue weighted by molar-refractivity contribution is 6.04. The van der Waals surface area contributed by atoms with Crippen LogP contribution in [0, 0.1) is 0 Å². The van der Waals surface area contributed by atoms with Crippen LogP contribution in [0.15, 0.2) is 48.5 Å². The number of amides is 1. The van der Waals surface area contributed by atoms with Crippen molar-refractivity contribution in [3.05, 3.63) is 54.1 Å². The van der Waals surface area contributed by atoms with Crippen LogP contribution in [0.4, 0.5) is 11.4 Å². The number of nitrogens with one attached hydrogen (secondary N) is 1. The molecule has 6 nitrogen and oxygen atoms in total. The van der Waals surface area contributed by atoms with Gasteiger partial charge in [-0.2, -0.15) is 0 Å². The first-order valence-corrected chi connectivity index (χ1v) is 9.75. The Morgan fingerprint density at radius 3 is 2.31 bits per heavy atom. The molecule has 1 heterocycles. The lowest BCUT2D eigenvalue weighted by Gasteiger charge is -2.34. The number of nitrogens with zero attached hydrogens (tertiary/aromatic N) is 2. The summed E-state index contributed by atoms with van der Waals surface area (Å²) in [4.78, 5) is 17.2. The van der Waals surface area contributed by atoms with Crippen LogP contribution in [-0.2, 0) is 4.79 Å². The van der Waals surface area contributed by atoms with Gasteiger partial charge in [0.25, 0.3) is 0 Å². The van der Waals surface area contributed by atoms with Crippen LogP contribution in [0.2, 0.25) is 0 Å². The molecule has 0 aromatic heterocycles. The minimum Gasteiger partial charge on any atom is -0.497 e. The van der Waals surface area contributed by atoms with Gasteiger partial charge < -0.3 is 24.6 Å². The van der Waals surface area contributed by atoms with Gasteiger partial charge in [-0.15, -0.1) is 0 Å². The Labute approximate surface area is 172 Å². The molecule has 0 unspecified atom stereocenters. The van der Waals surface area contributed by atoms with Gasteiger partial charge in [0.15, 0.2) is 0 Å². The quantitative estimate of drug-likeness (QED) is 0.759. The fourth-order valence-electron chi connectivity index (χ4n) is 3.40. The van der Waals surface area contributed by atoms with E-state index in [1.807, 2.05) is 37.3 Å². The number of hydrogen-bond acceptors (Lipinski definition) is 5. The molecule has 1 saturated heterocycles. The molecule has 1 aliphatic heterocycles. The van der Waals surface area contributed by atoms with Crippen molar-refractivity contribution in [3.8, 4) is 11.5 Å². The third kappa shape index (κ3) is 5.29. The summed E-state index contributed by atoms with van der Waals surface area (Å²) in [5.41, 5.74) is 3.63. The molecule has 0 spiro atoms. The number of benzene rings is 2. The molecule has 0 saturated carbocycles.